The maximum absolute atomic E-state index is 12.7. The van der Waals surface area contributed by atoms with E-state index in [0.717, 1.165) is 38.0 Å². The number of piperidine rings is 1. The van der Waals surface area contributed by atoms with Crippen LogP contribution in [0.25, 0.3) is 0 Å². The summed E-state index contributed by atoms with van der Waals surface area (Å²) in [4.78, 5) is 16.7. The predicted molar refractivity (Wildman–Crippen MR) is 84.6 cm³/mol. The maximum Gasteiger partial charge on any atom is 0.239 e. The summed E-state index contributed by atoms with van der Waals surface area (Å²) >= 11 is 0. The lowest BCUT2D eigenvalue weighted by Crippen LogP contribution is -2.49. The Morgan fingerprint density at radius 1 is 1.41 bits per heavy atom. The van der Waals surface area contributed by atoms with Crippen molar-refractivity contribution in [3.05, 3.63) is 11.9 Å². The Balaban J connectivity index is 1.66. The number of rotatable bonds is 5. The molecule has 1 saturated heterocycles. The number of likely N-dealkylation sites (N-methyl/N-ethyl adjacent to an activating group) is 1. The molecule has 1 amide bonds. The van der Waals surface area contributed by atoms with Crippen molar-refractivity contribution in [2.24, 2.45) is 0 Å². The normalized spacial score (nSPS) is 23.8. The highest BCUT2D eigenvalue weighted by atomic mass is 16.2. The van der Waals surface area contributed by atoms with E-state index >= 15 is 0 Å². The summed E-state index contributed by atoms with van der Waals surface area (Å²) < 4.78 is 1.99. The topological polar surface area (TPSA) is 54.3 Å². The number of hydrogen-bond donors (Lipinski definition) is 0. The summed E-state index contributed by atoms with van der Waals surface area (Å²) in [5, 5.41) is 8.62. The molecule has 0 spiro atoms. The zero-order valence-electron chi connectivity index (χ0n) is 13.9. The van der Waals surface area contributed by atoms with E-state index in [1.165, 1.54) is 12.8 Å². The van der Waals surface area contributed by atoms with Gasteiger partial charge in [-0.3, -0.25) is 9.69 Å². The van der Waals surface area contributed by atoms with Crippen LogP contribution in [0.1, 0.15) is 56.7 Å². The van der Waals surface area contributed by atoms with Gasteiger partial charge in [-0.15, -0.1) is 5.10 Å². The summed E-state index contributed by atoms with van der Waals surface area (Å²) in [6.45, 7) is 3.70. The molecule has 1 aliphatic heterocycles. The molecular weight excluding hydrogens is 278 g/mol. The van der Waals surface area contributed by atoms with Gasteiger partial charge >= 0.3 is 0 Å². The fourth-order valence-electron chi connectivity index (χ4n) is 3.38. The van der Waals surface area contributed by atoms with Gasteiger partial charge in [0, 0.05) is 25.2 Å². The average molecular weight is 305 g/mol. The second-order valence-electron chi connectivity index (χ2n) is 6.87. The molecule has 2 fully saturated rings. The van der Waals surface area contributed by atoms with Gasteiger partial charge in [0.1, 0.15) is 0 Å². The summed E-state index contributed by atoms with van der Waals surface area (Å²) in [7, 11) is 3.96. The lowest BCUT2D eigenvalue weighted by atomic mass is 10.0. The van der Waals surface area contributed by atoms with E-state index in [4.69, 9.17) is 0 Å². The molecule has 1 unspecified atom stereocenters. The standard InChI is InChI=1S/C16H27N5O/c1-4-15(19(2)3)16(22)20-9-5-6-13(10-20)21-11-14(17-18-21)12-7-8-12/h11-13,15H,4-10H2,1-3H3/t13?,15-/m0/s1. The van der Waals surface area contributed by atoms with Crippen LogP contribution in [0.3, 0.4) is 0 Å². The van der Waals surface area contributed by atoms with Gasteiger partial charge in [-0.2, -0.15) is 0 Å². The first kappa shape index (κ1) is 15.5. The minimum Gasteiger partial charge on any atom is -0.339 e. The Bertz CT molecular complexity index is 522. The average Bonchev–Trinajstić information content (AvgIpc) is 3.25. The van der Waals surface area contributed by atoms with E-state index < -0.39 is 0 Å². The molecule has 0 aromatic carbocycles. The van der Waals surface area contributed by atoms with Crippen molar-refractivity contribution in [2.45, 2.75) is 57.0 Å². The zero-order valence-corrected chi connectivity index (χ0v) is 13.9. The van der Waals surface area contributed by atoms with Crippen LogP contribution in [-0.2, 0) is 4.79 Å². The van der Waals surface area contributed by atoms with Crippen LogP contribution < -0.4 is 0 Å². The molecule has 0 radical (unpaired) electrons. The number of amides is 1. The zero-order chi connectivity index (χ0) is 15.7. The highest BCUT2D eigenvalue weighted by Gasteiger charge is 2.31. The molecule has 2 heterocycles. The van der Waals surface area contributed by atoms with Crippen molar-refractivity contribution in [1.29, 1.82) is 0 Å². The first-order chi connectivity index (χ1) is 10.6. The van der Waals surface area contributed by atoms with Crippen LogP contribution in [0.15, 0.2) is 6.20 Å². The largest absolute Gasteiger partial charge is 0.339 e. The number of aromatic nitrogens is 3. The number of carbonyl (C=O) groups excluding carboxylic acids is 1. The highest BCUT2D eigenvalue weighted by molar-refractivity contribution is 5.81. The van der Waals surface area contributed by atoms with Crippen LogP contribution in [0.5, 0.6) is 0 Å². The molecular formula is C16H27N5O. The highest BCUT2D eigenvalue weighted by Crippen LogP contribution is 2.39. The second kappa shape index (κ2) is 6.36. The molecule has 1 aromatic heterocycles. The number of likely N-dealkylation sites (tertiary alicyclic amines) is 1. The Morgan fingerprint density at radius 2 is 2.18 bits per heavy atom. The first-order valence-corrected chi connectivity index (χ1v) is 8.47. The monoisotopic (exact) mass is 305 g/mol. The number of nitrogens with zero attached hydrogens (tertiary/aromatic N) is 5. The van der Waals surface area contributed by atoms with Gasteiger partial charge < -0.3 is 4.90 Å². The molecule has 6 nitrogen and oxygen atoms in total. The van der Waals surface area contributed by atoms with Crippen molar-refractivity contribution in [3.8, 4) is 0 Å². The van der Waals surface area contributed by atoms with Gasteiger partial charge in [0.2, 0.25) is 5.91 Å². The van der Waals surface area contributed by atoms with Crippen LogP contribution in [0, 0.1) is 0 Å². The summed E-state index contributed by atoms with van der Waals surface area (Å²) in [6.07, 6.45) is 7.56. The Labute approximate surface area is 132 Å². The van der Waals surface area contributed by atoms with Gasteiger partial charge in [-0.25, -0.2) is 4.68 Å². The second-order valence-corrected chi connectivity index (χ2v) is 6.87. The number of carbonyl (C=O) groups is 1. The molecule has 2 aliphatic rings. The van der Waals surface area contributed by atoms with Gasteiger partial charge in [0.25, 0.3) is 0 Å². The van der Waals surface area contributed by atoms with E-state index in [0.29, 0.717) is 5.92 Å². The van der Waals surface area contributed by atoms with Crippen LogP contribution in [0.4, 0.5) is 0 Å². The Morgan fingerprint density at radius 3 is 2.82 bits per heavy atom. The van der Waals surface area contributed by atoms with E-state index in [2.05, 4.69) is 23.4 Å². The maximum atomic E-state index is 12.7. The van der Waals surface area contributed by atoms with Crippen molar-refractivity contribution >= 4 is 5.91 Å². The summed E-state index contributed by atoms with van der Waals surface area (Å²) in [6, 6.07) is 0.258. The van der Waals surface area contributed by atoms with Crippen LogP contribution in [-0.4, -0.2) is 63.9 Å². The van der Waals surface area contributed by atoms with Gasteiger partial charge in [0.15, 0.2) is 0 Å². The lowest BCUT2D eigenvalue weighted by molar-refractivity contribution is -0.138. The molecule has 6 heteroatoms. The minimum atomic E-state index is -0.0171. The lowest BCUT2D eigenvalue weighted by Gasteiger charge is -2.36. The Kier molecular flexibility index (Phi) is 4.47. The molecule has 122 valence electrons. The smallest absolute Gasteiger partial charge is 0.239 e. The number of hydrogen-bond acceptors (Lipinski definition) is 4. The van der Waals surface area contributed by atoms with E-state index in [9.17, 15) is 4.79 Å². The van der Waals surface area contributed by atoms with E-state index in [1.54, 1.807) is 0 Å². The molecule has 0 N–H and O–H groups in total. The molecule has 1 saturated carbocycles. The molecule has 22 heavy (non-hydrogen) atoms. The fourth-order valence-corrected chi connectivity index (χ4v) is 3.38. The van der Waals surface area contributed by atoms with Gasteiger partial charge in [-0.05, 0) is 46.2 Å². The summed E-state index contributed by atoms with van der Waals surface area (Å²) in [5.41, 5.74) is 1.13. The SMILES string of the molecule is CC[C@@H](C(=O)N1CCCC(n2cc(C3CC3)nn2)C1)N(C)C. The molecule has 1 aliphatic carbocycles. The third-order valence-corrected chi connectivity index (χ3v) is 4.90. The molecule has 0 bridgehead atoms. The minimum absolute atomic E-state index is 0.0171. The first-order valence-electron chi connectivity index (χ1n) is 8.47. The predicted octanol–water partition coefficient (Wildman–Crippen LogP) is 1.66. The van der Waals surface area contributed by atoms with Crippen molar-refractivity contribution < 1.29 is 4.79 Å². The molecule has 2 atom stereocenters. The van der Waals surface area contributed by atoms with E-state index in [1.807, 2.05) is 28.6 Å². The fraction of sp³-hybridized carbons (Fsp3) is 0.812. The molecule has 3 rings (SSSR count). The van der Waals surface area contributed by atoms with Crippen molar-refractivity contribution in [1.82, 2.24) is 24.8 Å². The van der Waals surface area contributed by atoms with Gasteiger partial charge in [0.05, 0.1) is 17.8 Å². The Hall–Kier alpha value is -1.43. The summed E-state index contributed by atoms with van der Waals surface area (Å²) in [5.74, 6) is 0.882. The van der Waals surface area contributed by atoms with Crippen molar-refractivity contribution in [2.75, 3.05) is 27.2 Å². The quantitative estimate of drug-likeness (QED) is 0.830. The van der Waals surface area contributed by atoms with Crippen molar-refractivity contribution in [3.63, 3.8) is 0 Å². The third kappa shape index (κ3) is 3.16. The van der Waals surface area contributed by atoms with Crippen LogP contribution in [0.2, 0.25) is 0 Å². The van der Waals surface area contributed by atoms with Gasteiger partial charge in [-0.1, -0.05) is 12.1 Å². The third-order valence-electron chi connectivity index (χ3n) is 4.90. The van der Waals surface area contributed by atoms with Crippen LogP contribution >= 0.6 is 0 Å². The van der Waals surface area contributed by atoms with E-state index in [-0.39, 0.29) is 18.0 Å². The molecule has 1 aromatic rings.